The number of ether oxygens (including phenoxy) is 1. The molecule has 0 saturated heterocycles. The first-order chi connectivity index (χ1) is 7.79. The molecule has 0 aliphatic heterocycles. The molecular formula is C12H18BrNO2. The lowest BCUT2D eigenvalue weighted by Crippen LogP contribution is -2.08. The van der Waals surface area contributed by atoms with Gasteiger partial charge >= 0.3 is 0 Å². The van der Waals surface area contributed by atoms with Crippen molar-refractivity contribution in [2.45, 2.75) is 19.4 Å². The summed E-state index contributed by atoms with van der Waals surface area (Å²) in [4.78, 5) is 0. The Morgan fingerprint density at radius 2 is 2.19 bits per heavy atom. The fourth-order valence-electron chi connectivity index (χ4n) is 1.43. The Labute approximate surface area is 105 Å². The molecule has 90 valence electrons. The third-order valence-corrected chi connectivity index (χ3v) is 2.84. The average molecular weight is 288 g/mol. The van der Waals surface area contributed by atoms with Crippen molar-refractivity contribution in [3.8, 4) is 5.75 Å². The molecule has 0 spiro atoms. The summed E-state index contributed by atoms with van der Waals surface area (Å²) in [5.41, 5.74) is 1.14. The van der Waals surface area contributed by atoms with Gasteiger partial charge < -0.3 is 15.2 Å². The highest BCUT2D eigenvalue weighted by Crippen LogP contribution is 2.29. The van der Waals surface area contributed by atoms with Crippen molar-refractivity contribution < 1.29 is 9.84 Å². The van der Waals surface area contributed by atoms with Gasteiger partial charge in [0, 0.05) is 18.7 Å². The maximum atomic E-state index is 8.68. The van der Waals surface area contributed by atoms with Crippen molar-refractivity contribution in [3.63, 3.8) is 0 Å². The molecule has 0 amide bonds. The van der Waals surface area contributed by atoms with Crippen LogP contribution < -0.4 is 10.1 Å². The van der Waals surface area contributed by atoms with Crippen LogP contribution in [-0.2, 0) is 6.54 Å². The number of nitrogens with one attached hydrogen (secondary N) is 1. The quantitative estimate of drug-likeness (QED) is 0.757. The average Bonchev–Trinajstić information content (AvgIpc) is 2.28. The predicted octanol–water partition coefficient (Wildman–Crippen LogP) is 2.32. The molecule has 0 fully saturated rings. The largest absolute Gasteiger partial charge is 0.492 e. The number of para-hydroxylation sites is 1. The van der Waals surface area contributed by atoms with Gasteiger partial charge in [-0.05, 0) is 41.9 Å². The fourth-order valence-corrected chi connectivity index (χ4v) is 1.95. The van der Waals surface area contributed by atoms with Crippen LogP contribution in [0.2, 0.25) is 0 Å². The highest BCUT2D eigenvalue weighted by Gasteiger charge is 2.06. The van der Waals surface area contributed by atoms with E-state index in [4.69, 9.17) is 9.84 Å². The van der Waals surface area contributed by atoms with Crippen LogP contribution in [0, 0.1) is 0 Å². The molecule has 16 heavy (non-hydrogen) atoms. The number of aliphatic hydroxyl groups is 1. The highest BCUT2D eigenvalue weighted by molar-refractivity contribution is 9.10. The van der Waals surface area contributed by atoms with E-state index in [2.05, 4.69) is 21.2 Å². The number of benzene rings is 1. The fraction of sp³-hybridized carbons (Fsp3) is 0.500. The highest BCUT2D eigenvalue weighted by atomic mass is 79.9. The summed E-state index contributed by atoms with van der Waals surface area (Å²) in [5, 5.41) is 11.8. The number of aliphatic hydroxyl groups excluding tert-OH is 1. The van der Waals surface area contributed by atoms with Crippen LogP contribution in [-0.4, -0.2) is 25.4 Å². The summed E-state index contributed by atoms with van der Waals surface area (Å²) in [6, 6.07) is 6.01. The van der Waals surface area contributed by atoms with Gasteiger partial charge in [-0.2, -0.15) is 0 Å². The summed E-state index contributed by atoms with van der Waals surface area (Å²) >= 11 is 3.48. The molecule has 0 radical (unpaired) electrons. The van der Waals surface area contributed by atoms with Crippen LogP contribution in [0.15, 0.2) is 22.7 Å². The maximum Gasteiger partial charge on any atom is 0.137 e. The van der Waals surface area contributed by atoms with Crippen LogP contribution in [0.4, 0.5) is 0 Å². The first-order valence-electron chi connectivity index (χ1n) is 5.45. The van der Waals surface area contributed by atoms with Gasteiger partial charge in [0.2, 0.25) is 0 Å². The normalized spacial score (nSPS) is 10.4. The second-order valence-electron chi connectivity index (χ2n) is 3.54. The maximum absolute atomic E-state index is 8.68. The second-order valence-corrected chi connectivity index (χ2v) is 4.39. The number of hydrogen-bond acceptors (Lipinski definition) is 3. The van der Waals surface area contributed by atoms with Gasteiger partial charge in [0.05, 0.1) is 11.1 Å². The first kappa shape index (κ1) is 13.5. The third-order valence-electron chi connectivity index (χ3n) is 2.21. The summed E-state index contributed by atoms with van der Waals surface area (Å²) in [6.07, 6.45) is 1.66. The zero-order valence-corrected chi connectivity index (χ0v) is 11.1. The Morgan fingerprint density at radius 1 is 1.38 bits per heavy atom. The molecule has 1 aromatic carbocycles. The molecule has 0 aliphatic rings. The van der Waals surface area contributed by atoms with E-state index in [0.717, 1.165) is 35.2 Å². The van der Waals surface area contributed by atoms with Gasteiger partial charge in [-0.25, -0.2) is 0 Å². The van der Waals surface area contributed by atoms with Crippen LogP contribution in [0.1, 0.15) is 18.4 Å². The molecule has 0 bridgehead atoms. The molecule has 3 nitrogen and oxygen atoms in total. The van der Waals surface area contributed by atoms with Gasteiger partial charge in [0.15, 0.2) is 0 Å². The second kappa shape index (κ2) is 7.65. The number of hydrogen-bond donors (Lipinski definition) is 2. The van der Waals surface area contributed by atoms with Crippen molar-refractivity contribution >= 4 is 15.9 Å². The van der Waals surface area contributed by atoms with E-state index in [9.17, 15) is 0 Å². The minimum absolute atomic E-state index is 0.225. The molecule has 0 aliphatic carbocycles. The van der Waals surface area contributed by atoms with E-state index in [1.807, 2.05) is 25.2 Å². The number of rotatable bonds is 7. The number of halogens is 1. The number of unbranched alkanes of at least 4 members (excludes halogenated alkanes) is 1. The summed E-state index contributed by atoms with van der Waals surface area (Å²) in [6.45, 7) is 1.65. The van der Waals surface area contributed by atoms with Gasteiger partial charge in [-0.1, -0.05) is 12.1 Å². The van der Waals surface area contributed by atoms with Crippen molar-refractivity contribution in [3.05, 3.63) is 28.2 Å². The molecule has 0 atom stereocenters. The molecule has 2 N–H and O–H groups in total. The molecule has 0 aromatic heterocycles. The Morgan fingerprint density at radius 3 is 2.88 bits per heavy atom. The Kier molecular flexibility index (Phi) is 6.45. The minimum atomic E-state index is 0.225. The van der Waals surface area contributed by atoms with Crippen LogP contribution >= 0.6 is 15.9 Å². The van der Waals surface area contributed by atoms with Gasteiger partial charge in [0.25, 0.3) is 0 Å². The zero-order chi connectivity index (χ0) is 11.8. The lowest BCUT2D eigenvalue weighted by molar-refractivity contribution is 0.251. The molecule has 0 heterocycles. The van der Waals surface area contributed by atoms with Crippen molar-refractivity contribution in [1.29, 1.82) is 0 Å². The van der Waals surface area contributed by atoms with Crippen molar-refractivity contribution in [2.24, 2.45) is 0 Å². The molecular weight excluding hydrogens is 270 g/mol. The van der Waals surface area contributed by atoms with E-state index in [1.54, 1.807) is 0 Å². The predicted molar refractivity (Wildman–Crippen MR) is 68.7 cm³/mol. The van der Waals surface area contributed by atoms with E-state index in [-0.39, 0.29) is 6.61 Å². The Hall–Kier alpha value is -0.580. The first-order valence-corrected chi connectivity index (χ1v) is 6.24. The monoisotopic (exact) mass is 287 g/mol. The van der Waals surface area contributed by atoms with E-state index >= 15 is 0 Å². The molecule has 1 rings (SSSR count). The lowest BCUT2D eigenvalue weighted by atomic mass is 10.2. The molecule has 4 heteroatoms. The van der Waals surface area contributed by atoms with Gasteiger partial charge in [0.1, 0.15) is 5.75 Å². The summed E-state index contributed by atoms with van der Waals surface area (Å²) in [5.74, 6) is 0.898. The third kappa shape index (κ3) is 4.12. The van der Waals surface area contributed by atoms with Gasteiger partial charge in [-0.15, -0.1) is 0 Å². The van der Waals surface area contributed by atoms with Crippen LogP contribution in [0.25, 0.3) is 0 Å². The standard InChI is InChI=1S/C12H18BrNO2/c1-14-9-10-5-4-6-11(13)12(10)16-8-3-2-7-15/h4-6,14-15H,2-3,7-9H2,1H3. The molecule has 0 saturated carbocycles. The SMILES string of the molecule is CNCc1cccc(Br)c1OCCCCO. The van der Waals surface area contributed by atoms with Crippen molar-refractivity contribution in [1.82, 2.24) is 5.32 Å². The zero-order valence-electron chi connectivity index (χ0n) is 9.50. The smallest absolute Gasteiger partial charge is 0.137 e. The summed E-state index contributed by atoms with van der Waals surface area (Å²) in [7, 11) is 1.91. The topological polar surface area (TPSA) is 41.5 Å². The van der Waals surface area contributed by atoms with E-state index < -0.39 is 0 Å². The Balaban J connectivity index is 2.61. The lowest BCUT2D eigenvalue weighted by Gasteiger charge is -2.12. The summed E-state index contributed by atoms with van der Waals surface area (Å²) < 4.78 is 6.70. The van der Waals surface area contributed by atoms with E-state index in [1.165, 1.54) is 0 Å². The Bertz CT molecular complexity index is 318. The molecule has 0 unspecified atom stereocenters. The van der Waals surface area contributed by atoms with Crippen molar-refractivity contribution in [2.75, 3.05) is 20.3 Å². The molecule has 1 aromatic rings. The van der Waals surface area contributed by atoms with E-state index in [0.29, 0.717) is 6.61 Å². The minimum Gasteiger partial charge on any atom is -0.492 e. The van der Waals surface area contributed by atoms with Crippen LogP contribution in [0.5, 0.6) is 5.75 Å². The van der Waals surface area contributed by atoms with Gasteiger partial charge in [-0.3, -0.25) is 0 Å². The van der Waals surface area contributed by atoms with Crippen LogP contribution in [0.3, 0.4) is 0 Å².